The van der Waals surface area contributed by atoms with Crippen molar-refractivity contribution in [2.75, 3.05) is 0 Å². The van der Waals surface area contributed by atoms with Gasteiger partial charge in [-0.3, -0.25) is 0 Å². The molecular formula is C36H58O2Si2. The summed E-state index contributed by atoms with van der Waals surface area (Å²) in [6.45, 7) is 10.1. The minimum Gasteiger partial charge on any atom is -0.546 e. The van der Waals surface area contributed by atoms with Crippen LogP contribution in [-0.2, 0) is 8.85 Å². The third-order valence-electron chi connectivity index (χ3n) is 11.9. The van der Waals surface area contributed by atoms with Gasteiger partial charge in [-0.1, -0.05) is 49.7 Å². The van der Waals surface area contributed by atoms with Crippen molar-refractivity contribution in [2.45, 2.75) is 179 Å². The van der Waals surface area contributed by atoms with Gasteiger partial charge in [0.05, 0.1) is 11.5 Å². The third kappa shape index (κ3) is 6.19. The highest BCUT2D eigenvalue weighted by atomic mass is 28.4. The van der Waals surface area contributed by atoms with Gasteiger partial charge in [0.2, 0.25) is 16.6 Å². The summed E-state index contributed by atoms with van der Waals surface area (Å²) in [5.74, 6) is 2.84. The molecule has 0 atom stereocenters. The van der Waals surface area contributed by atoms with Crippen LogP contribution in [0.5, 0.6) is 0 Å². The van der Waals surface area contributed by atoms with Gasteiger partial charge < -0.3 is 8.85 Å². The Morgan fingerprint density at radius 1 is 0.500 bits per heavy atom. The lowest BCUT2D eigenvalue weighted by Crippen LogP contribution is -2.37. The molecule has 0 aliphatic heterocycles. The predicted molar refractivity (Wildman–Crippen MR) is 174 cm³/mol. The van der Waals surface area contributed by atoms with Gasteiger partial charge in [0.15, 0.2) is 0 Å². The zero-order valence-corrected chi connectivity index (χ0v) is 28.5. The molecule has 0 amide bonds. The van der Waals surface area contributed by atoms with Gasteiger partial charge >= 0.3 is 0 Å². The highest BCUT2D eigenvalue weighted by Crippen LogP contribution is 2.50. The second-order valence-electron chi connectivity index (χ2n) is 15.3. The van der Waals surface area contributed by atoms with Gasteiger partial charge in [0.25, 0.3) is 0 Å². The molecule has 0 saturated heterocycles. The first kappa shape index (κ1) is 29.1. The molecule has 2 nitrogen and oxygen atoms in total. The van der Waals surface area contributed by atoms with Gasteiger partial charge in [-0.05, 0) is 149 Å². The SMILES string of the molecule is C[Si](C)(OC1=C(CCC2=C(O[Si](C)(C)C3CCCCC3)CC3=C2CCCC3)C2=C(CCCC2)C1)C1CCCCC1. The normalized spacial score (nSPS) is 25.6. The Balaban J connectivity index is 1.25. The average Bonchev–Trinajstić information content (AvgIpc) is 3.48. The van der Waals surface area contributed by atoms with E-state index in [2.05, 4.69) is 26.2 Å². The van der Waals surface area contributed by atoms with Crippen LogP contribution in [0.15, 0.2) is 45.0 Å². The summed E-state index contributed by atoms with van der Waals surface area (Å²) in [6, 6.07) is 0. The average molecular weight is 579 g/mol. The maximum atomic E-state index is 7.28. The van der Waals surface area contributed by atoms with E-state index in [0.29, 0.717) is 0 Å². The molecule has 6 rings (SSSR count). The van der Waals surface area contributed by atoms with Crippen molar-refractivity contribution < 1.29 is 8.85 Å². The molecule has 4 heteroatoms. The first-order valence-corrected chi connectivity index (χ1v) is 23.5. The van der Waals surface area contributed by atoms with Crippen LogP contribution in [0.4, 0.5) is 0 Å². The zero-order valence-electron chi connectivity index (χ0n) is 26.5. The van der Waals surface area contributed by atoms with E-state index < -0.39 is 16.6 Å². The Labute approximate surface area is 248 Å². The molecule has 40 heavy (non-hydrogen) atoms. The van der Waals surface area contributed by atoms with Crippen LogP contribution in [0.1, 0.15) is 141 Å². The lowest BCUT2D eigenvalue weighted by molar-refractivity contribution is 0.359. The zero-order chi connectivity index (χ0) is 27.7. The Morgan fingerprint density at radius 3 is 1.27 bits per heavy atom. The van der Waals surface area contributed by atoms with Crippen molar-refractivity contribution in [2.24, 2.45) is 0 Å². The number of allylic oxidation sites excluding steroid dienone is 6. The van der Waals surface area contributed by atoms with Gasteiger partial charge in [0.1, 0.15) is 0 Å². The van der Waals surface area contributed by atoms with E-state index in [1.54, 1.807) is 33.4 Å². The summed E-state index contributed by atoms with van der Waals surface area (Å²) in [4.78, 5) is 0. The molecule has 0 radical (unpaired) electrons. The standard InChI is InChI=1S/C36H58O2Si2/c1-39(2,29-17-7-5-8-18-29)37-35-25-27-15-11-13-21-31(27)33(35)23-24-34-32-22-14-12-16-28(32)26-36(34)38-40(3,4)30-19-9-6-10-20-30/h29-30H,5-26H2,1-4H3. The quantitative estimate of drug-likeness (QED) is 0.253. The maximum Gasteiger partial charge on any atom is 0.247 e. The summed E-state index contributed by atoms with van der Waals surface area (Å²) >= 11 is 0. The van der Waals surface area contributed by atoms with Gasteiger partial charge in [-0.2, -0.15) is 0 Å². The fourth-order valence-electron chi connectivity index (χ4n) is 9.42. The number of hydrogen-bond donors (Lipinski definition) is 0. The molecule has 2 fully saturated rings. The van der Waals surface area contributed by atoms with Gasteiger partial charge in [-0.15, -0.1) is 0 Å². The van der Waals surface area contributed by atoms with Crippen molar-refractivity contribution in [1.29, 1.82) is 0 Å². The van der Waals surface area contributed by atoms with Crippen LogP contribution < -0.4 is 0 Å². The molecular weight excluding hydrogens is 521 g/mol. The fraction of sp³-hybridized carbons (Fsp3) is 0.778. The largest absolute Gasteiger partial charge is 0.546 e. The molecule has 0 spiro atoms. The molecule has 0 aromatic rings. The molecule has 0 aromatic carbocycles. The Bertz CT molecular complexity index is 990. The molecule has 6 aliphatic carbocycles. The summed E-state index contributed by atoms with van der Waals surface area (Å²) < 4.78 is 14.6. The minimum absolute atomic E-state index is 0.840. The van der Waals surface area contributed by atoms with Gasteiger partial charge in [-0.25, -0.2) is 0 Å². The van der Waals surface area contributed by atoms with Crippen molar-refractivity contribution in [3.63, 3.8) is 0 Å². The first-order chi connectivity index (χ1) is 19.3. The molecule has 2 saturated carbocycles. The van der Waals surface area contributed by atoms with E-state index in [1.807, 2.05) is 0 Å². The maximum absolute atomic E-state index is 7.28. The van der Waals surface area contributed by atoms with Crippen molar-refractivity contribution in [3.8, 4) is 0 Å². The van der Waals surface area contributed by atoms with Crippen LogP contribution in [0.25, 0.3) is 0 Å². The van der Waals surface area contributed by atoms with Crippen LogP contribution in [-0.4, -0.2) is 16.6 Å². The molecule has 0 aromatic heterocycles. The van der Waals surface area contributed by atoms with Gasteiger partial charge in [0, 0.05) is 12.8 Å². The highest BCUT2D eigenvalue weighted by molar-refractivity contribution is 6.73. The summed E-state index contributed by atoms with van der Waals surface area (Å²) in [5, 5.41) is 0. The molecule has 0 heterocycles. The van der Waals surface area contributed by atoms with E-state index >= 15 is 0 Å². The van der Waals surface area contributed by atoms with Crippen LogP contribution in [0, 0.1) is 0 Å². The third-order valence-corrected chi connectivity index (χ3v) is 18.5. The highest BCUT2D eigenvalue weighted by Gasteiger charge is 2.41. The number of rotatable bonds is 9. The van der Waals surface area contributed by atoms with E-state index in [1.165, 1.54) is 140 Å². The van der Waals surface area contributed by atoms with Crippen molar-refractivity contribution in [1.82, 2.24) is 0 Å². The summed E-state index contributed by atoms with van der Waals surface area (Å²) in [6.07, 6.45) is 29.5. The second kappa shape index (κ2) is 12.3. The Morgan fingerprint density at radius 2 is 0.875 bits per heavy atom. The monoisotopic (exact) mass is 578 g/mol. The first-order valence-electron chi connectivity index (χ1n) is 17.6. The van der Waals surface area contributed by atoms with E-state index in [4.69, 9.17) is 8.85 Å². The minimum atomic E-state index is -1.75. The van der Waals surface area contributed by atoms with E-state index in [9.17, 15) is 0 Å². The lowest BCUT2D eigenvalue weighted by Gasteiger charge is -2.36. The lowest BCUT2D eigenvalue weighted by atomic mass is 9.86. The molecule has 0 bridgehead atoms. The fourth-order valence-corrected chi connectivity index (χ4v) is 15.0. The van der Waals surface area contributed by atoms with Crippen molar-refractivity contribution in [3.05, 3.63) is 45.0 Å². The summed E-state index contributed by atoms with van der Waals surface area (Å²) in [7, 11) is -3.50. The molecule has 222 valence electrons. The summed E-state index contributed by atoms with van der Waals surface area (Å²) in [5.41, 5.74) is 11.9. The molecule has 0 unspecified atom stereocenters. The topological polar surface area (TPSA) is 18.5 Å². The van der Waals surface area contributed by atoms with Crippen LogP contribution >= 0.6 is 0 Å². The Hall–Kier alpha value is -1.01. The van der Waals surface area contributed by atoms with Crippen LogP contribution in [0.2, 0.25) is 37.3 Å². The number of hydrogen-bond acceptors (Lipinski definition) is 2. The second-order valence-corrected chi connectivity index (χ2v) is 23.8. The molecule has 0 N–H and O–H groups in total. The Kier molecular flexibility index (Phi) is 8.95. The van der Waals surface area contributed by atoms with Crippen LogP contribution in [0.3, 0.4) is 0 Å². The van der Waals surface area contributed by atoms with Crippen molar-refractivity contribution >= 4 is 16.6 Å². The van der Waals surface area contributed by atoms with E-state index in [-0.39, 0.29) is 0 Å². The predicted octanol–water partition coefficient (Wildman–Crippen LogP) is 11.9. The van der Waals surface area contributed by atoms with E-state index in [0.717, 1.165) is 23.9 Å². The smallest absolute Gasteiger partial charge is 0.247 e. The molecule has 6 aliphatic rings.